The first-order chi connectivity index (χ1) is 9.40. The van der Waals surface area contributed by atoms with Crippen LogP contribution in [0.4, 0.5) is 4.79 Å². The number of nitrogens with one attached hydrogen (secondary N) is 2. The molecule has 2 atom stereocenters. The average Bonchev–Trinajstić information content (AvgIpc) is 2.38. The molecule has 5 N–H and O–H groups in total. The first kappa shape index (κ1) is 15.5. The summed E-state index contributed by atoms with van der Waals surface area (Å²) < 4.78 is 0. The highest BCUT2D eigenvalue weighted by Crippen LogP contribution is 2.10. The first-order valence-corrected chi connectivity index (χ1v) is 6.03. The number of urea groups is 1. The number of carbonyl (C=O) groups excluding carboxylic acids is 2. The van der Waals surface area contributed by atoms with Crippen LogP contribution in [0.1, 0.15) is 24.9 Å². The molecule has 108 valence electrons. The number of hydrogen-bond acceptors (Lipinski definition) is 3. The number of hydrogen-bond donors (Lipinski definition) is 4. The van der Waals surface area contributed by atoms with Gasteiger partial charge in [-0.15, -0.1) is 0 Å². The second-order valence-corrected chi connectivity index (χ2v) is 4.31. The number of carboxylic acids is 1. The predicted octanol–water partition coefficient (Wildman–Crippen LogP) is 0.375. The minimum atomic E-state index is -1.34. The Bertz CT molecular complexity index is 490. The number of carboxylic acid groups (broad SMARTS) is 1. The van der Waals surface area contributed by atoms with Crippen LogP contribution in [0.3, 0.4) is 0 Å². The van der Waals surface area contributed by atoms with Gasteiger partial charge in [0.05, 0.1) is 12.5 Å². The maximum Gasteiger partial charge on any atom is 0.326 e. The van der Waals surface area contributed by atoms with Gasteiger partial charge in [0, 0.05) is 0 Å². The molecule has 0 heterocycles. The Kier molecular flexibility index (Phi) is 5.52. The fraction of sp³-hybridized carbons (Fsp3) is 0.308. The van der Waals surface area contributed by atoms with Gasteiger partial charge >= 0.3 is 12.0 Å². The lowest BCUT2D eigenvalue weighted by atomic mass is 10.1. The van der Waals surface area contributed by atoms with Crippen LogP contribution in [-0.2, 0) is 9.59 Å². The summed E-state index contributed by atoms with van der Waals surface area (Å²) >= 11 is 0. The summed E-state index contributed by atoms with van der Waals surface area (Å²) in [5, 5.41) is 13.7. The van der Waals surface area contributed by atoms with E-state index in [2.05, 4.69) is 10.6 Å². The number of rotatable bonds is 6. The molecule has 0 saturated carbocycles. The van der Waals surface area contributed by atoms with Crippen molar-refractivity contribution >= 4 is 17.9 Å². The molecule has 1 rings (SSSR count). The largest absolute Gasteiger partial charge is 0.480 e. The van der Waals surface area contributed by atoms with Crippen molar-refractivity contribution in [2.45, 2.75) is 25.4 Å². The summed E-state index contributed by atoms with van der Waals surface area (Å²) in [6.45, 7) is 1.76. The molecule has 3 amide bonds. The van der Waals surface area contributed by atoms with Crippen LogP contribution in [0.25, 0.3) is 0 Å². The van der Waals surface area contributed by atoms with Gasteiger partial charge in [-0.1, -0.05) is 30.3 Å². The zero-order valence-corrected chi connectivity index (χ0v) is 11.0. The summed E-state index contributed by atoms with van der Waals surface area (Å²) in [4.78, 5) is 33.3. The molecule has 0 aliphatic heterocycles. The fourth-order valence-electron chi connectivity index (χ4n) is 1.62. The standard InChI is InChI=1S/C13H17N3O4/c1-8(9-5-3-2-4-6-9)15-13(20)16-10(12(18)19)7-11(14)17/h2-6,8,10H,7H2,1H3,(H2,14,17)(H,18,19)(H2,15,16,20). The molecule has 2 unspecified atom stereocenters. The van der Waals surface area contributed by atoms with Crippen molar-refractivity contribution in [2.24, 2.45) is 5.73 Å². The van der Waals surface area contributed by atoms with Crippen molar-refractivity contribution in [1.29, 1.82) is 0 Å². The van der Waals surface area contributed by atoms with Gasteiger partial charge in [0.15, 0.2) is 0 Å². The Morgan fingerprint density at radius 1 is 1.20 bits per heavy atom. The SMILES string of the molecule is CC(NC(=O)NC(CC(N)=O)C(=O)O)c1ccccc1. The number of nitrogens with two attached hydrogens (primary N) is 1. The molecule has 1 aromatic rings. The minimum absolute atomic E-state index is 0.292. The van der Waals surface area contributed by atoms with Crippen LogP contribution in [0, 0.1) is 0 Å². The molecule has 0 bridgehead atoms. The molecule has 7 nitrogen and oxygen atoms in total. The molecular formula is C13H17N3O4. The monoisotopic (exact) mass is 279 g/mol. The molecule has 0 saturated heterocycles. The molecule has 0 aromatic heterocycles. The second-order valence-electron chi connectivity index (χ2n) is 4.31. The quantitative estimate of drug-likeness (QED) is 0.601. The maximum absolute atomic E-state index is 11.7. The molecule has 0 aliphatic carbocycles. The highest BCUT2D eigenvalue weighted by Gasteiger charge is 2.22. The Morgan fingerprint density at radius 3 is 2.30 bits per heavy atom. The third kappa shape index (κ3) is 4.97. The molecule has 0 fully saturated rings. The lowest BCUT2D eigenvalue weighted by molar-refractivity contribution is -0.140. The number of carbonyl (C=O) groups is 3. The van der Waals surface area contributed by atoms with Crippen molar-refractivity contribution in [3.05, 3.63) is 35.9 Å². The van der Waals surface area contributed by atoms with Gasteiger partial charge < -0.3 is 21.5 Å². The van der Waals surface area contributed by atoms with E-state index in [0.29, 0.717) is 0 Å². The maximum atomic E-state index is 11.7. The second kappa shape index (κ2) is 7.13. The number of benzene rings is 1. The zero-order valence-electron chi connectivity index (χ0n) is 11.0. The van der Waals surface area contributed by atoms with Gasteiger partial charge in [0.2, 0.25) is 5.91 Å². The Balaban J connectivity index is 2.57. The summed E-state index contributed by atoms with van der Waals surface area (Å²) in [6.07, 6.45) is -0.456. The van der Waals surface area contributed by atoms with Gasteiger partial charge in [-0.2, -0.15) is 0 Å². The Morgan fingerprint density at radius 2 is 1.80 bits per heavy atom. The van der Waals surface area contributed by atoms with E-state index in [1.54, 1.807) is 6.92 Å². The highest BCUT2D eigenvalue weighted by atomic mass is 16.4. The zero-order chi connectivity index (χ0) is 15.1. The van der Waals surface area contributed by atoms with Crippen molar-refractivity contribution in [3.8, 4) is 0 Å². The van der Waals surface area contributed by atoms with Crippen molar-refractivity contribution < 1.29 is 19.5 Å². The predicted molar refractivity (Wildman–Crippen MR) is 71.8 cm³/mol. The van der Waals surface area contributed by atoms with Crippen molar-refractivity contribution in [1.82, 2.24) is 10.6 Å². The average molecular weight is 279 g/mol. The fourth-order valence-corrected chi connectivity index (χ4v) is 1.62. The lowest BCUT2D eigenvalue weighted by Gasteiger charge is -2.17. The van der Waals surface area contributed by atoms with Crippen LogP contribution in [-0.4, -0.2) is 29.1 Å². The van der Waals surface area contributed by atoms with E-state index in [0.717, 1.165) is 5.56 Å². The summed E-state index contributed by atoms with van der Waals surface area (Å²) in [7, 11) is 0. The molecule has 7 heteroatoms. The van der Waals surface area contributed by atoms with Crippen LogP contribution in [0.2, 0.25) is 0 Å². The Hall–Kier alpha value is -2.57. The molecule has 0 radical (unpaired) electrons. The first-order valence-electron chi connectivity index (χ1n) is 6.03. The molecule has 1 aromatic carbocycles. The van der Waals surface area contributed by atoms with Gasteiger partial charge in [-0.25, -0.2) is 9.59 Å². The number of primary amides is 1. The number of amides is 3. The van der Waals surface area contributed by atoms with Gasteiger partial charge in [-0.05, 0) is 12.5 Å². The third-order valence-electron chi connectivity index (χ3n) is 2.66. The van der Waals surface area contributed by atoms with Crippen LogP contribution in [0.5, 0.6) is 0 Å². The number of aliphatic carboxylic acids is 1. The van der Waals surface area contributed by atoms with E-state index in [1.165, 1.54) is 0 Å². The van der Waals surface area contributed by atoms with Crippen molar-refractivity contribution in [2.75, 3.05) is 0 Å². The molecule has 0 spiro atoms. The smallest absolute Gasteiger partial charge is 0.326 e. The minimum Gasteiger partial charge on any atom is -0.480 e. The van der Waals surface area contributed by atoms with E-state index in [-0.39, 0.29) is 6.04 Å². The van der Waals surface area contributed by atoms with E-state index in [4.69, 9.17) is 10.8 Å². The van der Waals surface area contributed by atoms with Crippen LogP contribution < -0.4 is 16.4 Å². The van der Waals surface area contributed by atoms with E-state index in [9.17, 15) is 14.4 Å². The van der Waals surface area contributed by atoms with Crippen molar-refractivity contribution in [3.63, 3.8) is 0 Å². The normalized spacial score (nSPS) is 13.1. The van der Waals surface area contributed by atoms with Crippen LogP contribution in [0.15, 0.2) is 30.3 Å². The molecule has 0 aliphatic rings. The van der Waals surface area contributed by atoms with E-state index >= 15 is 0 Å². The Labute approximate surface area is 116 Å². The van der Waals surface area contributed by atoms with Gasteiger partial charge in [-0.3, -0.25) is 4.79 Å². The summed E-state index contributed by atoms with van der Waals surface area (Å²) in [5.74, 6) is -2.11. The van der Waals surface area contributed by atoms with E-state index < -0.39 is 30.4 Å². The molecule has 20 heavy (non-hydrogen) atoms. The topological polar surface area (TPSA) is 122 Å². The lowest BCUT2D eigenvalue weighted by Crippen LogP contribution is -2.48. The third-order valence-corrected chi connectivity index (χ3v) is 2.66. The van der Waals surface area contributed by atoms with Crippen LogP contribution >= 0.6 is 0 Å². The van der Waals surface area contributed by atoms with Gasteiger partial charge in [0.1, 0.15) is 6.04 Å². The highest BCUT2D eigenvalue weighted by molar-refractivity contribution is 5.87. The van der Waals surface area contributed by atoms with E-state index in [1.807, 2.05) is 30.3 Å². The van der Waals surface area contributed by atoms with Gasteiger partial charge in [0.25, 0.3) is 0 Å². The molecular weight excluding hydrogens is 262 g/mol. The summed E-state index contributed by atoms with van der Waals surface area (Å²) in [5.41, 5.74) is 5.80. The summed E-state index contributed by atoms with van der Waals surface area (Å²) in [6, 6.07) is 6.89.